The fourth-order valence-corrected chi connectivity index (χ4v) is 3.56. The minimum absolute atomic E-state index is 0.0189. The van der Waals surface area contributed by atoms with Gasteiger partial charge in [-0.25, -0.2) is 0 Å². The molecule has 1 aliphatic rings. The van der Waals surface area contributed by atoms with Crippen LogP contribution in [0.25, 0.3) is 0 Å². The van der Waals surface area contributed by atoms with Crippen molar-refractivity contribution in [1.29, 1.82) is 0 Å². The molecule has 3 amide bonds. The van der Waals surface area contributed by atoms with E-state index in [4.69, 9.17) is 0 Å². The number of benzene rings is 1. The van der Waals surface area contributed by atoms with Crippen LogP contribution in [0.5, 0.6) is 0 Å². The number of nitrogens with zero attached hydrogens (tertiary/aromatic N) is 1. The average Bonchev–Trinajstić information content (AvgIpc) is 2.63. The second-order valence-corrected chi connectivity index (χ2v) is 6.83. The van der Waals surface area contributed by atoms with Gasteiger partial charge in [-0.3, -0.25) is 14.4 Å². The molecule has 0 unspecified atom stereocenters. The largest absolute Gasteiger partial charge is 0.341 e. The number of nitrogens with one attached hydrogen (secondary N) is 2. The quantitative estimate of drug-likeness (QED) is 0.820. The van der Waals surface area contributed by atoms with Crippen LogP contribution in [0.3, 0.4) is 0 Å². The molecular weight excluding hydrogens is 330 g/mol. The van der Waals surface area contributed by atoms with Crippen molar-refractivity contribution < 1.29 is 14.4 Å². The first-order chi connectivity index (χ1) is 12.4. The van der Waals surface area contributed by atoms with E-state index in [9.17, 15) is 14.4 Å². The fourth-order valence-electron chi connectivity index (χ4n) is 3.56. The second-order valence-electron chi connectivity index (χ2n) is 6.83. The van der Waals surface area contributed by atoms with Crippen molar-refractivity contribution in [3.63, 3.8) is 0 Å². The van der Waals surface area contributed by atoms with Gasteiger partial charge >= 0.3 is 0 Å². The highest BCUT2D eigenvalue weighted by Gasteiger charge is 2.42. The molecule has 0 spiro atoms. The maximum absolute atomic E-state index is 13.1. The third-order valence-corrected chi connectivity index (χ3v) is 4.99. The number of carbonyl (C=O) groups is 3. The van der Waals surface area contributed by atoms with Crippen LogP contribution < -0.4 is 10.6 Å². The van der Waals surface area contributed by atoms with E-state index in [-0.39, 0.29) is 17.7 Å². The second kappa shape index (κ2) is 8.83. The number of amides is 3. The molecule has 1 aromatic rings. The van der Waals surface area contributed by atoms with E-state index < -0.39 is 5.54 Å². The Hall–Kier alpha value is -2.37. The summed E-state index contributed by atoms with van der Waals surface area (Å²) in [7, 11) is 0. The summed E-state index contributed by atoms with van der Waals surface area (Å²) in [5.41, 5.74) is 0.314. The Morgan fingerprint density at radius 3 is 2.08 bits per heavy atom. The van der Waals surface area contributed by atoms with Gasteiger partial charge < -0.3 is 15.5 Å². The molecule has 1 aromatic carbocycles. The highest BCUT2D eigenvalue weighted by molar-refractivity contribution is 6.00. The van der Waals surface area contributed by atoms with Crippen molar-refractivity contribution in [3.8, 4) is 0 Å². The smallest absolute Gasteiger partial charge is 0.252 e. The number of likely N-dealkylation sites (N-methyl/N-ethyl adjacent to an activating group) is 1. The molecule has 0 aromatic heterocycles. The third kappa shape index (κ3) is 4.62. The zero-order chi connectivity index (χ0) is 19.2. The minimum Gasteiger partial charge on any atom is -0.341 e. The molecule has 2 N–H and O–H groups in total. The van der Waals surface area contributed by atoms with Crippen molar-refractivity contribution >= 4 is 23.4 Å². The van der Waals surface area contributed by atoms with Gasteiger partial charge in [0.25, 0.3) is 5.91 Å². The first-order valence-electron chi connectivity index (χ1n) is 9.41. The van der Waals surface area contributed by atoms with Gasteiger partial charge in [0.1, 0.15) is 5.54 Å². The molecule has 1 saturated carbocycles. The summed E-state index contributed by atoms with van der Waals surface area (Å²) in [4.78, 5) is 38.8. The van der Waals surface area contributed by atoms with Gasteiger partial charge in [0.05, 0.1) is 0 Å². The topological polar surface area (TPSA) is 78.5 Å². The van der Waals surface area contributed by atoms with Crippen LogP contribution in [0, 0.1) is 0 Å². The van der Waals surface area contributed by atoms with E-state index in [2.05, 4.69) is 10.6 Å². The lowest BCUT2D eigenvalue weighted by Crippen LogP contribution is -2.60. The molecule has 0 saturated heterocycles. The molecule has 6 heteroatoms. The molecule has 142 valence electrons. The van der Waals surface area contributed by atoms with Gasteiger partial charge in [0.15, 0.2) is 0 Å². The predicted octanol–water partition coefficient (Wildman–Crippen LogP) is 2.95. The maximum Gasteiger partial charge on any atom is 0.252 e. The van der Waals surface area contributed by atoms with E-state index in [1.54, 1.807) is 29.2 Å². The van der Waals surface area contributed by atoms with Crippen LogP contribution in [0.15, 0.2) is 24.3 Å². The molecule has 1 fully saturated rings. The van der Waals surface area contributed by atoms with Crippen LogP contribution in [-0.2, 0) is 9.59 Å². The van der Waals surface area contributed by atoms with Crippen LogP contribution in [-0.4, -0.2) is 41.2 Å². The standard InChI is InChI=1S/C20H29N3O3/c1-4-23(5-2)19(26)20(13-7-6-8-14-20)22-18(25)16-9-11-17(12-10-16)21-15(3)24/h9-12H,4-8,13-14H2,1-3H3,(H,21,24)(H,22,25). The summed E-state index contributed by atoms with van der Waals surface area (Å²) in [6, 6.07) is 6.71. The lowest BCUT2D eigenvalue weighted by atomic mass is 9.80. The van der Waals surface area contributed by atoms with Crippen LogP contribution in [0.1, 0.15) is 63.2 Å². The van der Waals surface area contributed by atoms with Gasteiger partial charge in [-0.15, -0.1) is 0 Å². The summed E-state index contributed by atoms with van der Waals surface area (Å²) in [5, 5.41) is 5.72. The van der Waals surface area contributed by atoms with E-state index >= 15 is 0 Å². The average molecular weight is 359 g/mol. The van der Waals surface area contributed by atoms with Gasteiger partial charge in [0, 0.05) is 31.3 Å². The molecule has 0 radical (unpaired) electrons. The highest BCUT2D eigenvalue weighted by atomic mass is 16.2. The number of hydrogen-bond acceptors (Lipinski definition) is 3. The summed E-state index contributed by atoms with van der Waals surface area (Å²) in [5.74, 6) is -0.389. The van der Waals surface area contributed by atoms with E-state index in [1.807, 2.05) is 13.8 Å². The molecule has 0 heterocycles. The number of anilines is 1. The molecule has 26 heavy (non-hydrogen) atoms. The lowest BCUT2D eigenvalue weighted by molar-refractivity contribution is -0.139. The maximum atomic E-state index is 13.1. The third-order valence-electron chi connectivity index (χ3n) is 4.99. The zero-order valence-corrected chi connectivity index (χ0v) is 15.9. The normalized spacial score (nSPS) is 15.8. The van der Waals surface area contributed by atoms with Crippen molar-refractivity contribution in [2.24, 2.45) is 0 Å². The van der Waals surface area contributed by atoms with Crippen molar-refractivity contribution in [2.45, 2.75) is 58.4 Å². The first-order valence-corrected chi connectivity index (χ1v) is 9.41. The molecule has 0 atom stereocenters. The first kappa shape index (κ1) is 19.9. The Morgan fingerprint density at radius 1 is 1.00 bits per heavy atom. The molecule has 6 nitrogen and oxygen atoms in total. The van der Waals surface area contributed by atoms with Crippen molar-refractivity contribution in [2.75, 3.05) is 18.4 Å². The molecular formula is C20H29N3O3. The molecule has 0 bridgehead atoms. The Kier molecular flexibility index (Phi) is 6.77. The van der Waals surface area contributed by atoms with Crippen molar-refractivity contribution in [3.05, 3.63) is 29.8 Å². The number of rotatable bonds is 6. The molecule has 1 aliphatic carbocycles. The summed E-state index contributed by atoms with van der Waals surface area (Å²) >= 11 is 0. The monoisotopic (exact) mass is 359 g/mol. The molecule has 0 aliphatic heterocycles. The summed E-state index contributed by atoms with van der Waals surface area (Å²) < 4.78 is 0. The van der Waals surface area contributed by atoms with Crippen LogP contribution >= 0.6 is 0 Å². The van der Waals surface area contributed by atoms with Gasteiger partial charge in [-0.2, -0.15) is 0 Å². The number of carbonyl (C=O) groups excluding carboxylic acids is 3. The van der Waals surface area contributed by atoms with Crippen molar-refractivity contribution in [1.82, 2.24) is 10.2 Å². The molecule has 2 rings (SSSR count). The Bertz CT molecular complexity index is 645. The Morgan fingerprint density at radius 2 is 1.58 bits per heavy atom. The SMILES string of the molecule is CCN(CC)C(=O)C1(NC(=O)c2ccc(NC(C)=O)cc2)CCCCC1. The van der Waals surface area contributed by atoms with Crippen LogP contribution in [0.4, 0.5) is 5.69 Å². The minimum atomic E-state index is -0.808. The van der Waals surface area contributed by atoms with E-state index in [0.717, 1.165) is 19.3 Å². The van der Waals surface area contributed by atoms with Gasteiger partial charge in [-0.1, -0.05) is 19.3 Å². The number of hydrogen-bond donors (Lipinski definition) is 2. The summed E-state index contributed by atoms with van der Waals surface area (Å²) in [6.07, 6.45) is 4.33. The van der Waals surface area contributed by atoms with Gasteiger partial charge in [0.2, 0.25) is 11.8 Å². The lowest BCUT2D eigenvalue weighted by Gasteiger charge is -2.40. The van der Waals surface area contributed by atoms with E-state index in [1.165, 1.54) is 6.92 Å². The van der Waals surface area contributed by atoms with E-state index in [0.29, 0.717) is 37.2 Å². The highest BCUT2D eigenvalue weighted by Crippen LogP contribution is 2.30. The zero-order valence-electron chi connectivity index (χ0n) is 15.9. The van der Waals surface area contributed by atoms with Crippen LogP contribution in [0.2, 0.25) is 0 Å². The predicted molar refractivity (Wildman–Crippen MR) is 102 cm³/mol. The summed E-state index contributed by atoms with van der Waals surface area (Å²) in [6.45, 7) is 6.63. The Labute approximate surface area is 155 Å². The Balaban J connectivity index is 2.18. The van der Waals surface area contributed by atoms with Gasteiger partial charge in [-0.05, 0) is 51.0 Å². The fraction of sp³-hybridized carbons (Fsp3) is 0.550.